The number of para-hydroxylation sites is 1. The van der Waals surface area contributed by atoms with Gasteiger partial charge < -0.3 is 4.74 Å². The molecule has 8 heteroatoms. The molecule has 0 N–H and O–H groups in total. The summed E-state index contributed by atoms with van der Waals surface area (Å²) in [6, 6.07) is 19.8. The summed E-state index contributed by atoms with van der Waals surface area (Å²) in [5, 5.41) is 4.00. The first-order chi connectivity index (χ1) is 15.7. The van der Waals surface area contributed by atoms with Crippen molar-refractivity contribution in [3.63, 3.8) is 0 Å². The lowest BCUT2D eigenvalue weighted by atomic mass is 9.95. The minimum Gasteiger partial charge on any atom is -0.465 e. The predicted molar refractivity (Wildman–Crippen MR) is 121 cm³/mol. The van der Waals surface area contributed by atoms with Crippen LogP contribution in [0, 0.1) is 6.92 Å². The summed E-state index contributed by atoms with van der Waals surface area (Å²) in [6.45, 7) is 1.93. The van der Waals surface area contributed by atoms with Gasteiger partial charge in [0.25, 0.3) is 0 Å². The number of esters is 1. The van der Waals surface area contributed by atoms with Crippen LogP contribution in [0.2, 0.25) is 5.02 Å². The number of carbonyl (C=O) groups is 1. The molecule has 168 valence electrons. The fraction of sp³-hybridized carbons (Fsp3) is 0.120. The topological polar surface area (TPSA) is 44.1 Å². The third-order valence-corrected chi connectivity index (χ3v) is 5.45. The second kappa shape index (κ2) is 8.75. The maximum Gasteiger partial charge on any atom is 0.435 e. The van der Waals surface area contributed by atoms with Gasteiger partial charge in [-0.25, -0.2) is 9.48 Å². The van der Waals surface area contributed by atoms with Crippen LogP contribution < -0.4 is 0 Å². The molecule has 1 heterocycles. The first kappa shape index (κ1) is 22.6. The van der Waals surface area contributed by atoms with Gasteiger partial charge in [-0.2, -0.15) is 18.3 Å². The van der Waals surface area contributed by atoms with Gasteiger partial charge >= 0.3 is 12.1 Å². The summed E-state index contributed by atoms with van der Waals surface area (Å²) in [7, 11) is 1.25. The molecule has 1 aromatic heterocycles. The number of hydrogen-bond acceptors (Lipinski definition) is 3. The number of benzene rings is 3. The zero-order valence-corrected chi connectivity index (χ0v) is 18.4. The molecule has 0 atom stereocenters. The quantitative estimate of drug-likeness (QED) is 0.302. The lowest BCUT2D eigenvalue weighted by Gasteiger charge is -2.13. The molecule has 0 fully saturated rings. The molecule has 3 aromatic carbocycles. The van der Waals surface area contributed by atoms with E-state index in [1.807, 2.05) is 31.2 Å². The van der Waals surface area contributed by atoms with E-state index in [-0.39, 0.29) is 22.0 Å². The second-order valence-electron chi connectivity index (χ2n) is 7.40. The van der Waals surface area contributed by atoms with Crippen LogP contribution in [0.5, 0.6) is 0 Å². The molecule has 0 spiro atoms. The standard InChI is InChI=1S/C25H18ClF3N2O2/c1-15-6-5-7-16(12-15)18-11-10-17(13-19(18)24(32)33-2)22-14-23(25(27,28)29)30-31(22)21-9-4-3-8-20(21)26/h3-14H,1-2H3. The molecule has 0 aliphatic heterocycles. The number of halogens is 4. The van der Waals surface area contributed by atoms with E-state index >= 15 is 0 Å². The number of nitrogens with zero attached hydrogens (tertiary/aromatic N) is 2. The SMILES string of the molecule is COC(=O)c1cc(-c2cc(C(F)(F)F)nn2-c2ccccc2Cl)ccc1-c1cccc(C)c1. The Hall–Kier alpha value is -3.58. The van der Waals surface area contributed by atoms with Crippen molar-refractivity contribution in [1.82, 2.24) is 9.78 Å². The monoisotopic (exact) mass is 470 g/mol. The number of carbonyl (C=O) groups excluding carboxylic acids is 1. The smallest absolute Gasteiger partial charge is 0.435 e. The van der Waals surface area contributed by atoms with Crippen LogP contribution in [0.4, 0.5) is 13.2 Å². The van der Waals surface area contributed by atoms with Crippen molar-refractivity contribution in [2.75, 3.05) is 7.11 Å². The van der Waals surface area contributed by atoms with Crippen molar-refractivity contribution >= 4 is 17.6 Å². The molecule has 0 unspecified atom stereocenters. The van der Waals surface area contributed by atoms with Crippen molar-refractivity contribution in [3.05, 3.63) is 94.6 Å². The van der Waals surface area contributed by atoms with Crippen molar-refractivity contribution in [2.24, 2.45) is 0 Å². The van der Waals surface area contributed by atoms with Gasteiger partial charge in [-0.15, -0.1) is 0 Å². The Bertz CT molecular complexity index is 1350. The molecule has 0 aliphatic carbocycles. The molecule has 4 rings (SSSR count). The Balaban J connectivity index is 1.95. The zero-order valence-electron chi connectivity index (χ0n) is 17.7. The molecule has 4 nitrogen and oxygen atoms in total. The van der Waals surface area contributed by atoms with E-state index in [4.69, 9.17) is 16.3 Å². The lowest BCUT2D eigenvalue weighted by molar-refractivity contribution is -0.141. The van der Waals surface area contributed by atoms with Crippen LogP contribution in [-0.4, -0.2) is 22.9 Å². The first-order valence-corrected chi connectivity index (χ1v) is 10.3. The highest BCUT2D eigenvalue weighted by molar-refractivity contribution is 6.32. The third kappa shape index (κ3) is 4.50. The second-order valence-corrected chi connectivity index (χ2v) is 7.80. The van der Waals surface area contributed by atoms with E-state index in [0.717, 1.165) is 21.9 Å². The molecule has 0 amide bonds. The third-order valence-electron chi connectivity index (χ3n) is 5.13. The average molecular weight is 471 g/mol. The van der Waals surface area contributed by atoms with Crippen LogP contribution in [0.15, 0.2) is 72.8 Å². The number of hydrogen-bond donors (Lipinski definition) is 0. The number of alkyl halides is 3. The fourth-order valence-electron chi connectivity index (χ4n) is 3.58. The van der Waals surface area contributed by atoms with E-state index in [0.29, 0.717) is 11.1 Å². The number of ether oxygens (including phenoxy) is 1. The van der Waals surface area contributed by atoms with Gasteiger partial charge in [-0.05, 0) is 42.3 Å². The summed E-state index contributed by atoms with van der Waals surface area (Å²) in [6.07, 6.45) is -4.66. The Morgan fingerprint density at radius 3 is 2.39 bits per heavy atom. The van der Waals surface area contributed by atoms with Crippen LogP contribution in [0.25, 0.3) is 28.1 Å². The van der Waals surface area contributed by atoms with Gasteiger partial charge in [-0.1, -0.05) is 65.7 Å². The number of rotatable bonds is 4. The van der Waals surface area contributed by atoms with Gasteiger partial charge in [0, 0.05) is 5.56 Å². The molecule has 0 bridgehead atoms. The number of aryl methyl sites for hydroxylation is 1. The summed E-state index contributed by atoms with van der Waals surface area (Å²) >= 11 is 6.25. The van der Waals surface area contributed by atoms with E-state index in [1.54, 1.807) is 36.4 Å². The number of aromatic nitrogens is 2. The minimum absolute atomic E-state index is 0.136. The summed E-state index contributed by atoms with van der Waals surface area (Å²) in [4.78, 5) is 12.6. The van der Waals surface area contributed by atoms with E-state index in [9.17, 15) is 18.0 Å². The highest BCUT2D eigenvalue weighted by Crippen LogP contribution is 2.36. The maximum absolute atomic E-state index is 13.5. The minimum atomic E-state index is -4.66. The van der Waals surface area contributed by atoms with Crippen LogP contribution in [-0.2, 0) is 10.9 Å². The van der Waals surface area contributed by atoms with E-state index in [1.165, 1.54) is 13.2 Å². The van der Waals surface area contributed by atoms with Crippen molar-refractivity contribution in [3.8, 4) is 28.1 Å². The zero-order chi connectivity index (χ0) is 23.8. The van der Waals surface area contributed by atoms with Gasteiger partial charge in [0.1, 0.15) is 0 Å². The Morgan fingerprint density at radius 2 is 1.73 bits per heavy atom. The van der Waals surface area contributed by atoms with E-state index < -0.39 is 17.8 Å². The molecule has 0 saturated heterocycles. The largest absolute Gasteiger partial charge is 0.465 e. The van der Waals surface area contributed by atoms with Crippen LogP contribution in [0.3, 0.4) is 0 Å². The molecular formula is C25H18ClF3N2O2. The molecule has 0 aliphatic rings. The highest BCUT2D eigenvalue weighted by atomic mass is 35.5. The van der Waals surface area contributed by atoms with Crippen molar-refractivity contribution < 1.29 is 22.7 Å². The Morgan fingerprint density at radius 1 is 0.970 bits per heavy atom. The molecule has 0 radical (unpaired) electrons. The van der Waals surface area contributed by atoms with Crippen molar-refractivity contribution in [2.45, 2.75) is 13.1 Å². The maximum atomic E-state index is 13.5. The van der Waals surface area contributed by atoms with Crippen LogP contribution in [0.1, 0.15) is 21.6 Å². The van der Waals surface area contributed by atoms with E-state index in [2.05, 4.69) is 5.10 Å². The van der Waals surface area contributed by atoms with Gasteiger partial charge in [0.15, 0.2) is 5.69 Å². The molecule has 0 saturated carbocycles. The average Bonchev–Trinajstić information content (AvgIpc) is 3.24. The Labute approximate surface area is 193 Å². The first-order valence-electron chi connectivity index (χ1n) is 9.91. The van der Waals surface area contributed by atoms with Gasteiger partial charge in [0.2, 0.25) is 0 Å². The highest BCUT2D eigenvalue weighted by Gasteiger charge is 2.35. The normalized spacial score (nSPS) is 11.5. The molecule has 33 heavy (non-hydrogen) atoms. The summed E-state index contributed by atoms with van der Waals surface area (Å²) in [5.41, 5.74) is 2.32. The van der Waals surface area contributed by atoms with Crippen molar-refractivity contribution in [1.29, 1.82) is 0 Å². The van der Waals surface area contributed by atoms with Crippen LogP contribution >= 0.6 is 11.6 Å². The fourth-order valence-corrected chi connectivity index (χ4v) is 3.79. The number of methoxy groups -OCH3 is 1. The summed E-state index contributed by atoms with van der Waals surface area (Å²) < 4.78 is 46.6. The van der Waals surface area contributed by atoms with Gasteiger partial charge in [-0.3, -0.25) is 0 Å². The molecular weight excluding hydrogens is 453 g/mol. The molecule has 4 aromatic rings. The summed E-state index contributed by atoms with van der Waals surface area (Å²) in [5.74, 6) is -0.604. The lowest BCUT2D eigenvalue weighted by Crippen LogP contribution is -2.08. The Kier molecular flexibility index (Phi) is 5.99. The van der Waals surface area contributed by atoms with Gasteiger partial charge in [0.05, 0.1) is 29.1 Å². The predicted octanol–water partition coefficient (Wildman–Crippen LogP) is 6.97.